The molecule has 3 rings (SSSR count). The summed E-state index contributed by atoms with van der Waals surface area (Å²) in [5.74, 6) is 0.0469. The van der Waals surface area contributed by atoms with Crippen LogP contribution in [0, 0.1) is 20.8 Å². The van der Waals surface area contributed by atoms with Crippen molar-refractivity contribution in [2.75, 3.05) is 26.2 Å². The Balaban J connectivity index is 1.61. The van der Waals surface area contributed by atoms with Gasteiger partial charge >= 0.3 is 0 Å². The van der Waals surface area contributed by atoms with E-state index in [1.165, 1.54) is 15.4 Å². The van der Waals surface area contributed by atoms with Gasteiger partial charge in [-0.1, -0.05) is 35.9 Å². The Morgan fingerprint density at radius 2 is 1.52 bits per heavy atom. The monoisotopic (exact) mass is 386 g/mol. The van der Waals surface area contributed by atoms with Crippen LogP contribution in [0.3, 0.4) is 0 Å². The van der Waals surface area contributed by atoms with Gasteiger partial charge in [0.05, 0.1) is 11.3 Å². The minimum Gasteiger partial charge on any atom is -0.340 e. The van der Waals surface area contributed by atoms with Crippen LogP contribution in [0.4, 0.5) is 0 Å². The zero-order valence-electron chi connectivity index (χ0n) is 16.1. The third kappa shape index (κ3) is 4.39. The predicted molar refractivity (Wildman–Crippen MR) is 106 cm³/mol. The number of piperazine rings is 1. The molecule has 0 atom stereocenters. The van der Waals surface area contributed by atoms with Crippen molar-refractivity contribution in [1.82, 2.24) is 9.21 Å². The highest BCUT2D eigenvalue weighted by Gasteiger charge is 2.30. The fourth-order valence-electron chi connectivity index (χ4n) is 3.24. The summed E-state index contributed by atoms with van der Waals surface area (Å²) in [6.07, 6.45) is 0.353. The molecule has 0 spiro atoms. The normalized spacial score (nSPS) is 15.7. The predicted octanol–water partition coefficient (Wildman–Crippen LogP) is 2.69. The number of carbonyl (C=O) groups is 1. The van der Waals surface area contributed by atoms with E-state index in [1.54, 1.807) is 29.2 Å². The summed E-state index contributed by atoms with van der Waals surface area (Å²) in [4.78, 5) is 14.7. The second-order valence-corrected chi connectivity index (χ2v) is 9.13. The van der Waals surface area contributed by atoms with Gasteiger partial charge in [-0.05, 0) is 49.6 Å². The Morgan fingerprint density at radius 3 is 2.11 bits per heavy atom. The minimum atomic E-state index is -3.50. The topological polar surface area (TPSA) is 57.7 Å². The van der Waals surface area contributed by atoms with Crippen molar-refractivity contribution in [2.24, 2.45) is 0 Å². The third-order valence-corrected chi connectivity index (χ3v) is 7.09. The molecule has 0 radical (unpaired) electrons. The molecule has 144 valence electrons. The van der Waals surface area contributed by atoms with E-state index in [2.05, 4.69) is 6.92 Å². The molecule has 1 saturated heterocycles. The summed E-state index contributed by atoms with van der Waals surface area (Å²) in [5.41, 5.74) is 4.41. The van der Waals surface area contributed by atoms with Crippen LogP contribution in [0.2, 0.25) is 0 Å². The Labute approximate surface area is 161 Å². The van der Waals surface area contributed by atoms with Crippen molar-refractivity contribution in [3.8, 4) is 0 Å². The molecule has 0 saturated carbocycles. The summed E-state index contributed by atoms with van der Waals surface area (Å²) in [6.45, 7) is 7.52. The first-order valence-electron chi connectivity index (χ1n) is 9.18. The lowest BCUT2D eigenvalue weighted by Crippen LogP contribution is -2.50. The molecule has 0 bridgehead atoms. The molecule has 6 heteroatoms. The van der Waals surface area contributed by atoms with Crippen LogP contribution in [-0.4, -0.2) is 49.7 Å². The second kappa shape index (κ2) is 7.82. The molecule has 0 N–H and O–H groups in total. The quantitative estimate of drug-likeness (QED) is 0.812. The summed E-state index contributed by atoms with van der Waals surface area (Å²) in [7, 11) is -3.50. The summed E-state index contributed by atoms with van der Waals surface area (Å²) in [6, 6.07) is 12.9. The first-order valence-corrected chi connectivity index (χ1v) is 10.6. The number of hydrogen-bond acceptors (Lipinski definition) is 3. The van der Waals surface area contributed by atoms with Crippen molar-refractivity contribution in [2.45, 2.75) is 32.1 Å². The molecule has 5 nitrogen and oxygen atoms in total. The van der Waals surface area contributed by atoms with Gasteiger partial charge in [-0.25, -0.2) is 8.42 Å². The van der Waals surface area contributed by atoms with Crippen molar-refractivity contribution in [1.29, 1.82) is 0 Å². The maximum absolute atomic E-state index is 12.8. The first kappa shape index (κ1) is 19.6. The lowest BCUT2D eigenvalue weighted by Gasteiger charge is -2.34. The molecule has 27 heavy (non-hydrogen) atoms. The SMILES string of the molecule is Cc1ccc(S(=O)(=O)N2CCN(C(=O)Cc3ccc(C)c(C)c3)CC2)cc1. The average molecular weight is 387 g/mol. The number of hydrogen-bond donors (Lipinski definition) is 0. The number of carbonyl (C=O) groups excluding carboxylic acids is 1. The fraction of sp³-hybridized carbons (Fsp3) is 0.381. The Morgan fingerprint density at radius 1 is 0.889 bits per heavy atom. The van der Waals surface area contributed by atoms with Gasteiger partial charge in [-0.3, -0.25) is 4.79 Å². The zero-order chi connectivity index (χ0) is 19.6. The van der Waals surface area contributed by atoms with E-state index < -0.39 is 10.0 Å². The van der Waals surface area contributed by atoms with Crippen molar-refractivity contribution in [3.63, 3.8) is 0 Å². The van der Waals surface area contributed by atoms with Crippen molar-refractivity contribution >= 4 is 15.9 Å². The summed E-state index contributed by atoms with van der Waals surface area (Å²) >= 11 is 0. The largest absolute Gasteiger partial charge is 0.340 e. The van der Waals surface area contributed by atoms with Gasteiger partial charge in [-0.2, -0.15) is 4.31 Å². The van der Waals surface area contributed by atoms with E-state index in [0.717, 1.165) is 11.1 Å². The molecule has 1 fully saturated rings. The van der Waals surface area contributed by atoms with Gasteiger partial charge in [0.2, 0.25) is 15.9 Å². The van der Waals surface area contributed by atoms with E-state index in [9.17, 15) is 13.2 Å². The van der Waals surface area contributed by atoms with Crippen LogP contribution < -0.4 is 0 Å². The number of aryl methyl sites for hydroxylation is 3. The maximum Gasteiger partial charge on any atom is 0.243 e. The maximum atomic E-state index is 12.8. The van der Waals surface area contributed by atoms with Gasteiger partial charge in [0.25, 0.3) is 0 Å². The minimum absolute atomic E-state index is 0.0469. The van der Waals surface area contributed by atoms with Crippen LogP contribution >= 0.6 is 0 Å². The highest BCUT2D eigenvalue weighted by atomic mass is 32.2. The molecule has 2 aromatic carbocycles. The van der Waals surface area contributed by atoms with Gasteiger partial charge < -0.3 is 4.90 Å². The van der Waals surface area contributed by atoms with Gasteiger partial charge in [0.1, 0.15) is 0 Å². The van der Waals surface area contributed by atoms with E-state index >= 15 is 0 Å². The molecule has 0 aliphatic carbocycles. The molecule has 0 aromatic heterocycles. The number of amides is 1. The third-order valence-electron chi connectivity index (χ3n) is 5.18. The molecule has 1 aliphatic rings. The molecular formula is C21H26N2O3S. The van der Waals surface area contributed by atoms with E-state index in [4.69, 9.17) is 0 Å². The van der Waals surface area contributed by atoms with Gasteiger partial charge in [0.15, 0.2) is 0 Å². The zero-order valence-corrected chi connectivity index (χ0v) is 16.9. The van der Waals surface area contributed by atoms with Crippen LogP contribution in [0.1, 0.15) is 22.3 Å². The van der Waals surface area contributed by atoms with E-state index in [1.807, 2.05) is 32.0 Å². The van der Waals surface area contributed by atoms with E-state index in [0.29, 0.717) is 37.5 Å². The first-order chi connectivity index (χ1) is 12.8. The van der Waals surface area contributed by atoms with Crippen LogP contribution in [0.5, 0.6) is 0 Å². The Kier molecular flexibility index (Phi) is 5.67. The van der Waals surface area contributed by atoms with Crippen LogP contribution in [0.15, 0.2) is 47.4 Å². The number of rotatable bonds is 4. The molecule has 1 amide bonds. The average Bonchev–Trinajstić information content (AvgIpc) is 2.65. The van der Waals surface area contributed by atoms with Crippen LogP contribution in [-0.2, 0) is 21.2 Å². The fourth-order valence-corrected chi connectivity index (χ4v) is 4.66. The van der Waals surface area contributed by atoms with Crippen molar-refractivity contribution < 1.29 is 13.2 Å². The summed E-state index contributed by atoms with van der Waals surface area (Å²) in [5, 5.41) is 0. The molecule has 0 unspecified atom stereocenters. The molecular weight excluding hydrogens is 360 g/mol. The molecule has 1 aliphatic heterocycles. The van der Waals surface area contributed by atoms with Crippen LogP contribution in [0.25, 0.3) is 0 Å². The number of sulfonamides is 1. The number of benzene rings is 2. The Hall–Kier alpha value is -2.18. The Bertz CT molecular complexity index is 928. The number of nitrogens with zero attached hydrogens (tertiary/aromatic N) is 2. The summed E-state index contributed by atoms with van der Waals surface area (Å²) < 4.78 is 27.0. The standard InChI is InChI=1S/C21H26N2O3S/c1-16-4-8-20(9-5-16)27(25,26)23-12-10-22(11-13-23)21(24)15-19-7-6-17(2)18(3)14-19/h4-9,14H,10-13,15H2,1-3H3. The second-order valence-electron chi connectivity index (χ2n) is 7.19. The lowest BCUT2D eigenvalue weighted by molar-refractivity contribution is -0.131. The highest BCUT2D eigenvalue weighted by Crippen LogP contribution is 2.19. The smallest absolute Gasteiger partial charge is 0.243 e. The van der Waals surface area contributed by atoms with Crippen molar-refractivity contribution in [3.05, 3.63) is 64.7 Å². The van der Waals surface area contributed by atoms with E-state index in [-0.39, 0.29) is 5.91 Å². The lowest BCUT2D eigenvalue weighted by atomic mass is 10.0. The van der Waals surface area contributed by atoms with Gasteiger partial charge in [0, 0.05) is 26.2 Å². The molecule has 1 heterocycles. The molecule has 2 aromatic rings. The highest BCUT2D eigenvalue weighted by molar-refractivity contribution is 7.89. The van der Waals surface area contributed by atoms with Gasteiger partial charge in [-0.15, -0.1) is 0 Å².